The summed E-state index contributed by atoms with van der Waals surface area (Å²) < 4.78 is 5.73. The van der Waals surface area contributed by atoms with Crippen LogP contribution in [0, 0.1) is 0 Å². The molecule has 1 aromatic rings. The van der Waals surface area contributed by atoms with Gasteiger partial charge in [-0.2, -0.15) is 0 Å². The monoisotopic (exact) mass is 233 g/mol. The Kier molecular flexibility index (Phi) is 2.90. The first-order chi connectivity index (χ1) is 8.28. The molecule has 0 spiro atoms. The Morgan fingerprint density at radius 2 is 2.06 bits per heavy atom. The Hall–Kier alpha value is -0.900. The van der Waals surface area contributed by atoms with Crippen molar-refractivity contribution in [2.24, 2.45) is 0 Å². The van der Waals surface area contributed by atoms with Crippen molar-refractivity contribution in [2.75, 3.05) is 19.7 Å². The largest absolute Gasteiger partial charge is 0.361 e. The van der Waals surface area contributed by atoms with E-state index in [1.807, 2.05) is 30.3 Å². The zero-order valence-electron chi connectivity index (χ0n) is 10.0. The first-order valence-electron chi connectivity index (χ1n) is 6.44. The molecule has 0 radical (unpaired) electrons. The maximum atomic E-state index is 10.6. The Balaban J connectivity index is 1.80. The van der Waals surface area contributed by atoms with Crippen molar-refractivity contribution in [1.82, 2.24) is 4.90 Å². The number of rotatable bonds is 1. The van der Waals surface area contributed by atoms with Gasteiger partial charge >= 0.3 is 0 Å². The lowest BCUT2D eigenvalue weighted by Gasteiger charge is -2.46. The second kappa shape index (κ2) is 4.41. The van der Waals surface area contributed by atoms with Gasteiger partial charge in [-0.15, -0.1) is 0 Å². The van der Waals surface area contributed by atoms with E-state index in [9.17, 15) is 5.11 Å². The van der Waals surface area contributed by atoms with Gasteiger partial charge in [-0.1, -0.05) is 36.8 Å². The summed E-state index contributed by atoms with van der Waals surface area (Å²) in [6, 6.07) is 10.2. The average molecular weight is 233 g/mol. The minimum atomic E-state index is -1.12. The molecule has 17 heavy (non-hydrogen) atoms. The SMILES string of the molecule is O[C@]1(c2ccccc2)CN2CCCC[C@H]2CO1. The topological polar surface area (TPSA) is 32.7 Å². The number of nitrogens with zero attached hydrogens (tertiary/aromatic N) is 1. The fraction of sp³-hybridized carbons (Fsp3) is 0.571. The van der Waals surface area contributed by atoms with E-state index in [0.717, 1.165) is 12.1 Å². The summed E-state index contributed by atoms with van der Waals surface area (Å²) in [5.41, 5.74) is 0.865. The molecule has 0 saturated carbocycles. The molecule has 1 aromatic carbocycles. The van der Waals surface area contributed by atoms with E-state index in [1.54, 1.807) is 0 Å². The van der Waals surface area contributed by atoms with E-state index in [2.05, 4.69) is 4.90 Å². The van der Waals surface area contributed by atoms with Gasteiger partial charge in [-0.05, 0) is 19.4 Å². The molecule has 0 bridgehead atoms. The fourth-order valence-electron chi connectivity index (χ4n) is 2.89. The summed E-state index contributed by atoms with van der Waals surface area (Å²) in [5.74, 6) is -1.12. The van der Waals surface area contributed by atoms with Gasteiger partial charge < -0.3 is 9.84 Å². The third kappa shape index (κ3) is 2.10. The van der Waals surface area contributed by atoms with Crippen molar-refractivity contribution in [2.45, 2.75) is 31.1 Å². The van der Waals surface area contributed by atoms with Crippen molar-refractivity contribution in [3.63, 3.8) is 0 Å². The molecule has 0 aromatic heterocycles. The number of hydrogen-bond donors (Lipinski definition) is 1. The first kappa shape index (κ1) is 11.2. The third-order valence-corrected chi connectivity index (χ3v) is 3.91. The number of morpholine rings is 1. The van der Waals surface area contributed by atoms with Gasteiger partial charge in [0, 0.05) is 11.6 Å². The van der Waals surface area contributed by atoms with Crippen molar-refractivity contribution >= 4 is 0 Å². The molecule has 0 aliphatic carbocycles. The second-order valence-electron chi connectivity index (χ2n) is 5.08. The van der Waals surface area contributed by atoms with Crippen LogP contribution in [0.3, 0.4) is 0 Å². The second-order valence-corrected chi connectivity index (χ2v) is 5.08. The van der Waals surface area contributed by atoms with Gasteiger partial charge in [0.25, 0.3) is 0 Å². The highest BCUT2D eigenvalue weighted by molar-refractivity contribution is 5.21. The van der Waals surface area contributed by atoms with Gasteiger partial charge in [-0.25, -0.2) is 0 Å². The minimum absolute atomic E-state index is 0.507. The Morgan fingerprint density at radius 3 is 2.88 bits per heavy atom. The highest BCUT2D eigenvalue weighted by Crippen LogP contribution is 2.32. The maximum absolute atomic E-state index is 10.6. The first-order valence-corrected chi connectivity index (χ1v) is 6.44. The van der Waals surface area contributed by atoms with Gasteiger partial charge in [0.15, 0.2) is 0 Å². The Morgan fingerprint density at radius 1 is 1.24 bits per heavy atom. The normalized spacial score (nSPS) is 34.3. The van der Waals surface area contributed by atoms with Crippen molar-refractivity contribution in [1.29, 1.82) is 0 Å². The van der Waals surface area contributed by atoms with Gasteiger partial charge in [0.2, 0.25) is 5.79 Å². The van der Waals surface area contributed by atoms with Gasteiger partial charge in [-0.3, -0.25) is 4.90 Å². The Bertz CT molecular complexity index is 381. The molecule has 0 unspecified atom stereocenters. The maximum Gasteiger partial charge on any atom is 0.205 e. The summed E-state index contributed by atoms with van der Waals surface area (Å²) >= 11 is 0. The molecule has 2 fully saturated rings. The van der Waals surface area contributed by atoms with Crippen LogP contribution in [-0.4, -0.2) is 35.7 Å². The van der Waals surface area contributed by atoms with E-state index >= 15 is 0 Å². The van der Waals surface area contributed by atoms with E-state index in [0.29, 0.717) is 19.2 Å². The van der Waals surface area contributed by atoms with Crippen LogP contribution in [0.4, 0.5) is 0 Å². The number of fused-ring (bicyclic) bond motifs is 1. The highest BCUT2D eigenvalue weighted by Gasteiger charge is 2.40. The molecule has 1 N–H and O–H groups in total. The van der Waals surface area contributed by atoms with Crippen LogP contribution in [-0.2, 0) is 10.5 Å². The summed E-state index contributed by atoms with van der Waals surface area (Å²) in [6.45, 7) is 2.33. The van der Waals surface area contributed by atoms with E-state index in [-0.39, 0.29) is 0 Å². The van der Waals surface area contributed by atoms with E-state index in [1.165, 1.54) is 19.3 Å². The third-order valence-electron chi connectivity index (χ3n) is 3.91. The molecule has 92 valence electrons. The molecule has 3 rings (SSSR count). The van der Waals surface area contributed by atoms with Crippen LogP contribution in [0.15, 0.2) is 30.3 Å². The molecular weight excluding hydrogens is 214 g/mol. The molecule has 2 aliphatic rings. The van der Waals surface area contributed by atoms with Crippen molar-refractivity contribution in [3.8, 4) is 0 Å². The number of piperidine rings is 1. The molecule has 3 heteroatoms. The highest BCUT2D eigenvalue weighted by atomic mass is 16.6. The average Bonchev–Trinajstić information content (AvgIpc) is 2.40. The van der Waals surface area contributed by atoms with Crippen LogP contribution in [0.2, 0.25) is 0 Å². The van der Waals surface area contributed by atoms with Crippen molar-refractivity contribution in [3.05, 3.63) is 35.9 Å². The van der Waals surface area contributed by atoms with Crippen LogP contribution >= 0.6 is 0 Å². The van der Waals surface area contributed by atoms with Gasteiger partial charge in [0.1, 0.15) is 0 Å². The summed E-state index contributed by atoms with van der Waals surface area (Å²) in [5, 5.41) is 10.6. The van der Waals surface area contributed by atoms with E-state index < -0.39 is 5.79 Å². The minimum Gasteiger partial charge on any atom is -0.361 e. The Labute approximate surface area is 102 Å². The lowest BCUT2D eigenvalue weighted by Crippen LogP contribution is -2.56. The molecule has 2 saturated heterocycles. The van der Waals surface area contributed by atoms with E-state index in [4.69, 9.17) is 4.74 Å². The number of hydrogen-bond acceptors (Lipinski definition) is 3. The molecule has 2 aliphatic heterocycles. The molecular formula is C14H19NO2. The quantitative estimate of drug-likeness (QED) is 0.801. The van der Waals surface area contributed by atoms with Crippen LogP contribution in [0.25, 0.3) is 0 Å². The number of ether oxygens (including phenoxy) is 1. The standard InChI is InChI=1S/C14H19NO2/c16-14(12-6-2-1-3-7-12)11-15-9-5-4-8-13(15)10-17-14/h1-3,6-7,13,16H,4-5,8-11H2/t13-,14+/m0/s1. The fourth-order valence-corrected chi connectivity index (χ4v) is 2.89. The lowest BCUT2D eigenvalue weighted by atomic mass is 9.96. The predicted molar refractivity (Wildman–Crippen MR) is 65.5 cm³/mol. The summed E-state index contributed by atoms with van der Waals surface area (Å²) in [4.78, 5) is 2.38. The predicted octanol–water partition coefficient (Wildman–Crippen LogP) is 1.72. The summed E-state index contributed by atoms with van der Waals surface area (Å²) in [6.07, 6.45) is 3.72. The van der Waals surface area contributed by atoms with Crippen LogP contribution in [0.1, 0.15) is 24.8 Å². The smallest absolute Gasteiger partial charge is 0.205 e. The molecule has 2 atom stereocenters. The van der Waals surface area contributed by atoms with Crippen LogP contribution in [0.5, 0.6) is 0 Å². The zero-order chi connectivity index (χ0) is 11.7. The lowest BCUT2D eigenvalue weighted by molar-refractivity contribution is -0.264. The van der Waals surface area contributed by atoms with Gasteiger partial charge in [0.05, 0.1) is 13.2 Å². The number of aliphatic hydroxyl groups is 1. The number of benzene rings is 1. The molecule has 0 amide bonds. The van der Waals surface area contributed by atoms with Crippen LogP contribution < -0.4 is 0 Å². The summed E-state index contributed by atoms with van der Waals surface area (Å²) in [7, 11) is 0. The van der Waals surface area contributed by atoms with Crippen molar-refractivity contribution < 1.29 is 9.84 Å². The zero-order valence-corrected chi connectivity index (χ0v) is 10.0. The molecule has 3 nitrogen and oxygen atoms in total. The molecule has 2 heterocycles.